The topological polar surface area (TPSA) is 147 Å². The van der Waals surface area contributed by atoms with E-state index in [1.807, 2.05) is 4.90 Å². The third-order valence-corrected chi connectivity index (χ3v) is 4.35. The average Bonchev–Trinajstić information content (AvgIpc) is 2.56. The highest BCUT2D eigenvalue weighted by atomic mass is 16.3. The van der Waals surface area contributed by atoms with E-state index >= 15 is 0 Å². The zero-order chi connectivity index (χ0) is 19.8. The maximum atomic E-state index is 10.8. The smallest absolute Gasteiger partial charge is 0.217 e. The molecule has 26 heavy (non-hydrogen) atoms. The molecule has 0 spiro atoms. The number of hydrogen-bond donors (Lipinski definition) is 6. The molecule has 0 aliphatic carbocycles. The maximum absolute atomic E-state index is 10.8. The molecular formula is C18H38N2O6. The predicted molar refractivity (Wildman–Crippen MR) is 99.4 cm³/mol. The Kier molecular flexibility index (Phi) is 15.9. The molecule has 0 saturated carbocycles. The van der Waals surface area contributed by atoms with Gasteiger partial charge in [-0.05, 0) is 45.1 Å². The Labute approximate surface area is 156 Å². The van der Waals surface area contributed by atoms with Crippen molar-refractivity contribution in [1.82, 2.24) is 4.90 Å². The summed E-state index contributed by atoms with van der Waals surface area (Å²) in [6, 6.07) is 0. The minimum absolute atomic E-state index is 0.0576. The number of nitrogens with two attached hydrogens (primary N) is 1. The van der Waals surface area contributed by atoms with Gasteiger partial charge in [-0.2, -0.15) is 0 Å². The largest absolute Gasteiger partial charge is 0.396 e. The first-order chi connectivity index (χ1) is 12.4. The molecule has 156 valence electrons. The van der Waals surface area contributed by atoms with E-state index in [0.29, 0.717) is 38.8 Å². The normalized spacial score (nSPS) is 15.2. The van der Waals surface area contributed by atoms with Crippen LogP contribution in [0.1, 0.15) is 57.8 Å². The van der Waals surface area contributed by atoms with E-state index in [4.69, 9.17) is 15.9 Å². The number of primary amides is 1. The molecule has 0 radical (unpaired) electrons. The van der Waals surface area contributed by atoms with Gasteiger partial charge in [-0.25, -0.2) is 0 Å². The fourth-order valence-electron chi connectivity index (χ4n) is 2.86. The fourth-order valence-corrected chi connectivity index (χ4v) is 2.86. The zero-order valence-corrected chi connectivity index (χ0v) is 15.8. The van der Waals surface area contributed by atoms with Crippen molar-refractivity contribution in [2.75, 3.05) is 32.8 Å². The zero-order valence-electron chi connectivity index (χ0n) is 15.8. The Morgan fingerprint density at radius 2 is 1.54 bits per heavy atom. The Balaban J connectivity index is 4.30. The predicted octanol–water partition coefficient (Wildman–Crippen LogP) is -0.648. The average molecular weight is 379 g/mol. The number of aliphatic hydroxyl groups excluding tert-OH is 5. The molecule has 0 aromatic rings. The fraction of sp³-hybridized carbons (Fsp3) is 0.944. The molecule has 1 amide bonds. The molecule has 3 unspecified atom stereocenters. The minimum Gasteiger partial charge on any atom is -0.396 e. The van der Waals surface area contributed by atoms with E-state index in [9.17, 15) is 20.1 Å². The summed E-state index contributed by atoms with van der Waals surface area (Å²) < 4.78 is 0. The second-order valence-corrected chi connectivity index (χ2v) is 6.94. The molecule has 0 rings (SSSR count). The van der Waals surface area contributed by atoms with E-state index in [1.165, 1.54) is 0 Å². The third-order valence-electron chi connectivity index (χ3n) is 4.35. The second-order valence-electron chi connectivity index (χ2n) is 6.94. The Morgan fingerprint density at radius 1 is 0.808 bits per heavy atom. The number of nitrogens with zero attached hydrogens (tertiary/aromatic N) is 1. The van der Waals surface area contributed by atoms with Crippen LogP contribution in [-0.2, 0) is 4.79 Å². The molecule has 0 aromatic carbocycles. The summed E-state index contributed by atoms with van der Waals surface area (Å²) in [4.78, 5) is 12.8. The monoisotopic (exact) mass is 378 g/mol. The van der Waals surface area contributed by atoms with Gasteiger partial charge < -0.3 is 36.2 Å². The van der Waals surface area contributed by atoms with Crippen molar-refractivity contribution >= 4 is 5.91 Å². The first-order valence-electron chi connectivity index (χ1n) is 9.65. The van der Waals surface area contributed by atoms with Crippen LogP contribution >= 0.6 is 0 Å². The molecule has 7 N–H and O–H groups in total. The summed E-state index contributed by atoms with van der Waals surface area (Å²) in [6.45, 7) is 1.65. The van der Waals surface area contributed by atoms with Crippen LogP contribution in [0, 0.1) is 0 Å². The van der Waals surface area contributed by atoms with Crippen LogP contribution in [0.25, 0.3) is 0 Å². The molecule has 0 aliphatic heterocycles. The summed E-state index contributed by atoms with van der Waals surface area (Å²) in [6.07, 6.45) is 2.97. The van der Waals surface area contributed by atoms with Crippen LogP contribution in [0.5, 0.6) is 0 Å². The molecule has 0 bridgehead atoms. The number of rotatable bonds is 18. The number of unbranched alkanes of at least 4 members (excludes halogenated alkanes) is 2. The van der Waals surface area contributed by atoms with Crippen LogP contribution in [0.3, 0.4) is 0 Å². The number of carbonyl (C=O) groups is 1. The third kappa shape index (κ3) is 15.5. The number of hydrogen-bond acceptors (Lipinski definition) is 7. The van der Waals surface area contributed by atoms with Crippen molar-refractivity contribution in [3.05, 3.63) is 0 Å². The van der Waals surface area contributed by atoms with E-state index in [1.54, 1.807) is 0 Å². The standard InChI is InChI=1S/C18H38N2O6/c19-18(26)6-2-1-3-9-20(10-7-15(23)5-4-11-21)14-17(25)13-16(24)8-12-22/h15-17,21-25H,1-14H2,(H2,19,26). The molecule has 8 heteroatoms. The lowest BCUT2D eigenvalue weighted by atomic mass is 10.1. The highest BCUT2D eigenvalue weighted by Gasteiger charge is 2.17. The van der Waals surface area contributed by atoms with Crippen molar-refractivity contribution in [3.63, 3.8) is 0 Å². The summed E-state index contributed by atoms with van der Waals surface area (Å²) in [5.41, 5.74) is 5.12. The Bertz CT molecular complexity index is 346. The van der Waals surface area contributed by atoms with Crippen molar-refractivity contribution in [1.29, 1.82) is 0 Å². The van der Waals surface area contributed by atoms with Crippen LogP contribution in [-0.4, -0.2) is 87.5 Å². The summed E-state index contributed by atoms with van der Waals surface area (Å²) >= 11 is 0. The van der Waals surface area contributed by atoms with Gasteiger partial charge in [0.1, 0.15) is 0 Å². The van der Waals surface area contributed by atoms with Gasteiger partial charge in [-0.3, -0.25) is 4.79 Å². The molecular weight excluding hydrogens is 340 g/mol. The van der Waals surface area contributed by atoms with Crippen molar-refractivity contribution in [2.45, 2.75) is 76.1 Å². The lowest BCUT2D eigenvalue weighted by molar-refractivity contribution is -0.118. The minimum atomic E-state index is -0.734. The van der Waals surface area contributed by atoms with E-state index in [0.717, 1.165) is 25.8 Å². The van der Waals surface area contributed by atoms with Gasteiger partial charge in [0.2, 0.25) is 5.91 Å². The van der Waals surface area contributed by atoms with Crippen molar-refractivity contribution in [3.8, 4) is 0 Å². The number of carbonyl (C=O) groups excluding carboxylic acids is 1. The van der Waals surface area contributed by atoms with Gasteiger partial charge in [0, 0.05) is 39.1 Å². The van der Waals surface area contributed by atoms with Gasteiger partial charge in [0.05, 0.1) is 18.3 Å². The van der Waals surface area contributed by atoms with E-state index in [-0.39, 0.29) is 32.0 Å². The lowest BCUT2D eigenvalue weighted by Crippen LogP contribution is -2.37. The van der Waals surface area contributed by atoms with Crippen LogP contribution in [0.15, 0.2) is 0 Å². The molecule has 0 aromatic heterocycles. The maximum Gasteiger partial charge on any atom is 0.217 e. The van der Waals surface area contributed by atoms with Crippen LogP contribution in [0.4, 0.5) is 0 Å². The molecule has 8 nitrogen and oxygen atoms in total. The molecule has 0 heterocycles. The van der Waals surface area contributed by atoms with Gasteiger partial charge in [0.15, 0.2) is 0 Å². The number of amides is 1. The van der Waals surface area contributed by atoms with Crippen LogP contribution < -0.4 is 5.73 Å². The molecule has 0 fully saturated rings. The van der Waals surface area contributed by atoms with E-state index < -0.39 is 18.3 Å². The first kappa shape index (κ1) is 25.2. The number of aliphatic hydroxyl groups is 5. The van der Waals surface area contributed by atoms with Crippen molar-refractivity contribution < 1.29 is 30.3 Å². The van der Waals surface area contributed by atoms with E-state index in [2.05, 4.69) is 0 Å². The van der Waals surface area contributed by atoms with Gasteiger partial charge in [0.25, 0.3) is 0 Å². The first-order valence-corrected chi connectivity index (χ1v) is 9.65. The molecule has 0 saturated heterocycles. The summed E-state index contributed by atoms with van der Waals surface area (Å²) in [7, 11) is 0. The van der Waals surface area contributed by atoms with Gasteiger partial charge in [-0.15, -0.1) is 0 Å². The van der Waals surface area contributed by atoms with Gasteiger partial charge in [-0.1, -0.05) is 6.42 Å². The van der Waals surface area contributed by atoms with Crippen molar-refractivity contribution in [2.24, 2.45) is 5.73 Å². The Morgan fingerprint density at radius 3 is 2.15 bits per heavy atom. The second kappa shape index (κ2) is 16.4. The summed E-state index contributed by atoms with van der Waals surface area (Å²) in [5, 5.41) is 47.4. The molecule has 0 aliphatic rings. The van der Waals surface area contributed by atoms with Crippen LogP contribution in [0.2, 0.25) is 0 Å². The van der Waals surface area contributed by atoms with Gasteiger partial charge >= 0.3 is 0 Å². The Hall–Kier alpha value is -0.770. The highest BCUT2D eigenvalue weighted by molar-refractivity contribution is 5.73. The SMILES string of the molecule is NC(=O)CCCCCN(CCC(O)CCCO)CC(O)CC(O)CCO. The summed E-state index contributed by atoms with van der Waals surface area (Å²) in [5.74, 6) is -0.304. The lowest BCUT2D eigenvalue weighted by Gasteiger charge is -2.27. The molecule has 3 atom stereocenters. The quantitative estimate of drug-likeness (QED) is 0.174. The highest BCUT2D eigenvalue weighted by Crippen LogP contribution is 2.10.